The van der Waals surface area contributed by atoms with Gasteiger partial charge in [-0.1, -0.05) is 0 Å². The number of nitrogens with two attached hydrogens (primary N) is 1. The Morgan fingerprint density at radius 3 is 2.91 bits per heavy atom. The normalized spacial score (nSPS) is 9.64. The fraction of sp³-hybridized carbons (Fsp3) is 0.286. The molecular formula is C7H10N2O2. The molecule has 0 aliphatic heterocycles. The van der Waals surface area contributed by atoms with Crippen LogP contribution in [0.1, 0.15) is 5.56 Å². The van der Waals surface area contributed by atoms with Crippen LogP contribution >= 0.6 is 0 Å². The van der Waals surface area contributed by atoms with Gasteiger partial charge in [0.15, 0.2) is 5.88 Å². The number of hydrogen-bond acceptors (Lipinski definition) is 3. The van der Waals surface area contributed by atoms with E-state index in [1.165, 1.54) is 13.2 Å². The summed E-state index contributed by atoms with van der Waals surface area (Å²) < 4.78 is 4.88. The average Bonchev–Trinajstić information content (AvgIpc) is 2.04. The van der Waals surface area contributed by atoms with Crippen LogP contribution in [0, 0.1) is 0 Å². The Balaban J connectivity index is 3.16. The second-order valence-electron chi connectivity index (χ2n) is 2.09. The summed E-state index contributed by atoms with van der Waals surface area (Å²) in [7, 11) is 1.49. The number of pyridine rings is 1. The highest BCUT2D eigenvalue weighted by Crippen LogP contribution is 2.09. The van der Waals surface area contributed by atoms with Gasteiger partial charge in [-0.15, -0.1) is 0 Å². The van der Waals surface area contributed by atoms with Crippen molar-refractivity contribution in [3.63, 3.8) is 0 Å². The number of aromatic nitrogens is 1. The van der Waals surface area contributed by atoms with E-state index >= 15 is 0 Å². The molecule has 60 valence electrons. The summed E-state index contributed by atoms with van der Waals surface area (Å²) in [5, 5.41) is 0. The maximum Gasteiger partial charge on any atom is 0.250 e. The molecule has 0 bridgehead atoms. The molecule has 4 nitrogen and oxygen atoms in total. The zero-order valence-corrected chi connectivity index (χ0v) is 6.26. The number of H-pyrrole nitrogens is 1. The Morgan fingerprint density at radius 1 is 1.64 bits per heavy atom. The Kier molecular flexibility index (Phi) is 2.28. The third kappa shape index (κ3) is 1.59. The van der Waals surface area contributed by atoms with Crippen molar-refractivity contribution in [2.24, 2.45) is 5.73 Å². The molecule has 0 fully saturated rings. The molecular weight excluding hydrogens is 144 g/mol. The van der Waals surface area contributed by atoms with E-state index in [-0.39, 0.29) is 5.56 Å². The molecule has 1 heterocycles. The minimum absolute atomic E-state index is 0.181. The first-order valence-corrected chi connectivity index (χ1v) is 3.24. The topological polar surface area (TPSA) is 68.1 Å². The minimum atomic E-state index is -0.181. The van der Waals surface area contributed by atoms with Crippen molar-refractivity contribution < 1.29 is 4.74 Å². The average molecular weight is 154 g/mol. The standard InChI is InChI=1S/C7H10N2O2/c1-11-7-5(4-8)2-3-6(10)9-7/h2-3H,4,8H2,1H3,(H,9,10). The predicted octanol–water partition coefficient (Wildman–Crippen LogP) is -0.158. The second-order valence-corrected chi connectivity index (χ2v) is 2.09. The van der Waals surface area contributed by atoms with Crippen LogP contribution in [0.4, 0.5) is 0 Å². The molecule has 0 radical (unpaired) electrons. The lowest BCUT2D eigenvalue weighted by Gasteiger charge is -2.03. The highest BCUT2D eigenvalue weighted by molar-refractivity contribution is 5.24. The van der Waals surface area contributed by atoms with Gasteiger partial charge < -0.3 is 10.5 Å². The van der Waals surface area contributed by atoms with Crippen molar-refractivity contribution in [1.82, 2.24) is 4.98 Å². The molecule has 0 aliphatic carbocycles. The lowest BCUT2D eigenvalue weighted by Crippen LogP contribution is -2.09. The number of hydrogen-bond donors (Lipinski definition) is 2. The predicted molar refractivity (Wildman–Crippen MR) is 41.5 cm³/mol. The fourth-order valence-electron chi connectivity index (χ4n) is 0.829. The largest absolute Gasteiger partial charge is 0.482 e. The van der Waals surface area contributed by atoms with Gasteiger partial charge in [-0.2, -0.15) is 0 Å². The monoisotopic (exact) mass is 154 g/mol. The van der Waals surface area contributed by atoms with Crippen molar-refractivity contribution >= 4 is 0 Å². The Hall–Kier alpha value is -1.29. The van der Waals surface area contributed by atoms with Gasteiger partial charge in [0.05, 0.1) is 7.11 Å². The van der Waals surface area contributed by atoms with E-state index in [4.69, 9.17) is 10.5 Å². The Labute approximate surface area is 64.0 Å². The van der Waals surface area contributed by atoms with Gasteiger partial charge in [0, 0.05) is 18.2 Å². The van der Waals surface area contributed by atoms with E-state index in [2.05, 4.69) is 4.98 Å². The van der Waals surface area contributed by atoms with Crippen molar-refractivity contribution in [3.8, 4) is 5.88 Å². The molecule has 0 amide bonds. The molecule has 1 rings (SSSR count). The van der Waals surface area contributed by atoms with Gasteiger partial charge in [0.25, 0.3) is 5.56 Å². The van der Waals surface area contributed by atoms with Crippen LogP contribution in [0.15, 0.2) is 16.9 Å². The summed E-state index contributed by atoms with van der Waals surface area (Å²) in [5.74, 6) is 0.444. The summed E-state index contributed by atoms with van der Waals surface area (Å²) in [4.78, 5) is 13.3. The second kappa shape index (κ2) is 3.21. The SMILES string of the molecule is COc1[nH]c(=O)ccc1CN. The number of methoxy groups -OCH3 is 1. The maximum absolute atomic E-state index is 10.7. The summed E-state index contributed by atoms with van der Waals surface area (Å²) >= 11 is 0. The first kappa shape index (κ1) is 7.81. The summed E-state index contributed by atoms with van der Waals surface area (Å²) in [6.45, 7) is 0.361. The van der Waals surface area contributed by atoms with Gasteiger partial charge in [0.2, 0.25) is 0 Å². The van der Waals surface area contributed by atoms with Crippen molar-refractivity contribution in [3.05, 3.63) is 28.0 Å². The molecule has 1 aromatic heterocycles. The molecule has 0 saturated carbocycles. The highest BCUT2D eigenvalue weighted by Gasteiger charge is 1.99. The van der Waals surface area contributed by atoms with Crippen LogP contribution < -0.4 is 16.0 Å². The summed E-state index contributed by atoms with van der Waals surface area (Å²) in [5.41, 5.74) is 5.99. The lowest BCUT2D eigenvalue weighted by molar-refractivity contribution is 0.391. The van der Waals surface area contributed by atoms with E-state index < -0.39 is 0 Å². The summed E-state index contributed by atoms with van der Waals surface area (Å²) in [6, 6.07) is 3.07. The van der Waals surface area contributed by atoms with Crippen LogP contribution in [0.25, 0.3) is 0 Å². The van der Waals surface area contributed by atoms with Crippen LogP contribution in [-0.2, 0) is 6.54 Å². The van der Waals surface area contributed by atoms with Crippen LogP contribution in [0.5, 0.6) is 5.88 Å². The Morgan fingerprint density at radius 2 is 2.36 bits per heavy atom. The molecule has 0 spiro atoms. The number of nitrogens with one attached hydrogen (secondary N) is 1. The molecule has 11 heavy (non-hydrogen) atoms. The smallest absolute Gasteiger partial charge is 0.250 e. The molecule has 4 heteroatoms. The van der Waals surface area contributed by atoms with Gasteiger partial charge in [-0.25, -0.2) is 0 Å². The van der Waals surface area contributed by atoms with Gasteiger partial charge in [-0.3, -0.25) is 9.78 Å². The van der Waals surface area contributed by atoms with Crippen molar-refractivity contribution in [2.45, 2.75) is 6.54 Å². The quantitative estimate of drug-likeness (QED) is 0.622. The zero-order valence-electron chi connectivity index (χ0n) is 6.26. The molecule has 3 N–H and O–H groups in total. The van der Waals surface area contributed by atoms with E-state index in [1.54, 1.807) is 6.07 Å². The molecule has 1 aromatic rings. The molecule has 0 unspecified atom stereocenters. The number of ether oxygens (including phenoxy) is 1. The van der Waals surface area contributed by atoms with Crippen LogP contribution in [0.2, 0.25) is 0 Å². The molecule has 0 atom stereocenters. The van der Waals surface area contributed by atoms with Crippen LogP contribution in [0.3, 0.4) is 0 Å². The van der Waals surface area contributed by atoms with Gasteiger partial charge in [0.1, 0.15) is 0 Å². The lowest BCUT2D eigenvalue weighted by atomic mass is 10.3. The molecule has 0 aliphatic rings. The summed E-state index contributed by atoms with van der Waals surface area (Å²) in [6.07, 6.45) is 0. The Bertz CT molecular complexity index is 293. The first-order chi connectivity index (χ1) is 5.27. The van der Waals surface area contributed by atoms with Crippen molar-refractivity contribution in [2.75, 3.05) is 7.11 Å². The molecule has 0 saturated heterocycles. The third-order valence-electron chi connectivity index (χ3n) is 1.39. The number of rotatable bonds is 2. The van der Waals surface area contributed by atoms with E-state index in [9.17, 15) is 4.79 Å². The third-order valence-corrected chi connectivity index (χ3v) is 1.39. The first-order valence-electron chi connectivity index (χ1n) is 3.24. The van der Waals surface area contributed by atoms with E-state index in [1.807, 2.05) is 0 Å². The number of aromatic amines is 1. The fourth-order valence-corrected chi connectivity index (χ4v) is 0.829. The minimum Gasteiger partial charge on any atom is -0.482 e. The van der Waals surface area contributed by atoms with E-state index in [0.717, 1.165) is 5.56 Å². The van der Waals surface area contributed by atoms with Gasteiger partial charge in [-0.05, 0) is 6.07 Å². The molecule has 0 aromatic carbocycles. The zero-order chi connectivity index (χ0) is 8.27. The highest BCUT2D eigenvalue weighted by atomic mass is 16.5. The van der Waals surface area contributed by atoms with E-state index in [0.29, 0.717) is 12.4 Å². The van der Waals surface area contributed by atoms with Gasteiger partial charge >= 0.3 is 0 Å². The maximum atomic E-state index is 10.7. The van der Waals surface area contributed by atoms with Crippen LogP contribution in [-0.4, -0.2) is 12.1 Å². The van der Waals surface area contributed by atoms with Crippen molar-refractivity contribution in [1.29, 1.82) is 0 Å².